The number of hydrogen-bond donors (Lipinski definition) is 2. The fraction of sp³-hybridized carbons (Fsp3) is 0.515. The number of aromatic nitrogens is 4. The topological polar surface area (TPSA) is 109 Å². The van der Waals surface area contributed by atoms with Gasteiger partial charge in [-0.1, -0.05) is 24.3 Å². The van der Waals surface area contributed by atoms with E-state index in [0.29, 0.717) is 54.2 Å². The zero-order valence-electron chi connectivity index (χ0n) is 24.6. The molecular weight excluding hydrogens is 561 g/mol. The lowest BCUT2D eigenvalue weighted by Gasteiger charge is -2.34. The number of halogens is 1. The van der Waals surface area contributed by atoms with Gasteiger partial charge in [-0.05, 0) is 68.0 Å². The van der Waals surface area contributed by atoms with Gasteiger partial charge in [-0.2, -0.15) is 9.97 Å². The molecule has 228 valence electrons. The Labute approximate surface area is 253 Å². The third-order valence-electron chi connectivity index (χ3n) is 10.5. The van der Waals surface area contributed by atoms with Crippen molar-refractivity contribution in [2.24, 2.45) is 0 Å². The molecule has 2 aromatic carbocycles. The molecule has 44 heavy (non-hydrogen) atoms. The van der Waals surface area contributed by atoms with Gasteiger partial charge in [0.05, 0.1) is 5.54 Å². The number of rotatable bonds is 6. The summed E-state index contributed by atoms with van der Waals surface area (Å²) in [7, 11) is 0. The third-order valence-corrected chi connectivity index (χ3v) is 10.5. The highest BCUT2D eigenvalue weighted by Crippen LogP contribution is 2.42. The first-order chi connectivity index (χ1) is 21.4. The molecule has 2 bridgehead atoms. The maximum Gasteiger partial charge on any atom is 0.320 e. The van der Waals surface area contributed by atoms with Crippen LogP contribution >= 0.6 is 0 Å². The first kappa shape index (κ1) is 26.6. The number of aromatic hydroxyl groups is 1. The standard InChI is InChI=1S/C33H36FN7O3/c34-20-14-33(10-3-11-40(33)15-20)18-44-32-37-28-27(30(38-32)39-16-21-6-7-22(17-39)35-21)31(43)41(23-8-9-23)29(36-28)26-13-24(42)12-19-4-1-2-5-25(19)26/h1-2,4-5,12-13,20-23,35,42H,3,6-11,14-18H2/t20-,21?,22?,33+/m1/s1. The van der Waals surface area contributed by atoms with Gasteiger partial charge in [0.1, 0.15) is 29.7 Å². The molecule has 10 nitrogen and oxygen atoms in total. The number of anilines is 1. The zero-order chi connectivity index (χ0) is 29.6. The Balaban J connectivity index is 1.22. The minimum Gasteiger partial charge on any atom is -0.508 e. The molecule has 5 aliphatic rings. The van der Waals surface area contributed by atoms with Gasteiger partial charge in [0.2, 0.25) is 0 Å². The van der Waals surface area contributed by atoms with Crippen molar-refractivity contribution in [2.45, 2.75) is 74.8 Å². The average Bonchev–Trinajstić information content (AvgIpc) is 3.59. The number of phenols is 1. The summed E-state index contributed by atoms with van der Waals surface area (Å²) in [6.07, 6.45) is 5.46. The van der Waals surface area contributed by atoms with Crippen molar-refractivity contribution in [1.82, 2.24) is 29.7 Å². The number of nitrogens with zero attached hydrogens (tertiary/aromatic N) is 6. The molecule has 0 amide bonds. The van der Waals surface area contributed by atoms with Gasteiger partial charge in [-0.25, -0.2) is 9.37 Å². The molecule has 2 N–H and O–H groups in total. The van der Waals surface area contributed by atoms with Crippen LogP contribution in [0.4, 0.5) is 10.2 Å². The van der Waals surface area contributed by atoms with Gasteiger partial charge in [0.25, 0.3) is 5.56 Å². The number of benzene rings is 2. The minimum atomic E-state index is -0.856. The quantitative estimate of drug-likeness (QED) is 0.342. The highest BCUT2D eigenvalue weighted by atomic mass is 19.1. The van der Waals surface area contributed by atoms with E-state index in [1.165, 1.54) is 0 Å². The fourth-order valence-electron chi connectivity index (χ4n) is 8.31. The van der Waals surface area contributed by atoms with Crippen LogP contribution in [0.25, 0.3) is 33.2 Å². The summed E-state index contributed by atoms with van der Waals surface area (Å²) < 4.78 is 22.7. The van der Waals surface area contributed by atoms with E-state index in [2.05, 4.69) is 15.1 Å². The Morgan fingerprint density at radius 1 is 1.05 bits per heavy atom. The Morgan fingerprint density at radius 2 is 1.86 bits per heavy atom. The van der Waals surface area contributed by atoms with Crippen molar-refractivity contribution in [3.05, 3.63) is 46.8 Å². The molecule has 6 heterocycles. The monoisotopic (exact) mass is 597 g/mol. The molecule has 4 saturated heterocycles. The lowest BCUT2D eigenvalue weighted by Crippen LogP contribution is -2.51. The van der Waals surface area contributed by atoms with E-state index in [-0.39, 0.29) is 34.5 Å². The summed E-state index contributed by atoms with van der Waals surface area (Å²) in [4.78, 5) is 33.8. The van der Waals surface area contributed by atoms with Crippen LogP contribution in [0.3, 0.4) is 0 Å². The summed E-state index contributed by atoms with van der Waals surface area (Å²) in [6, 6.07) is 12.1. The third kappa shape index (κ3) is 4.27. The Kier molecular flexibility index (Phi) is 5.94. The molecule has 2 aromatic heterocycles. The van der Waals surface area contributed by atoms with Crippen LogP contribution in [-0.2, 0) is 0 Å². The molecule has 4 aromatic rings. The molecule has 2 unspecified atom stereocenters. The van der Waals surface area contributed by atoms with Crippen molar-refractivity contribution in [2.75, 3.05) is 37.7 Å². The number of piperazine rings is 1. The summed E-state index contributed by atoms with van der Waals surface area (Å²) in [6.45, 7) is 3.10. The molecule has 1 aliphatic carbocycles. The number of hydrogen-bond acceptors (Lipinski definition) is 9. The molecule has 0 radical (unpaired) electrons. The summed E-state index contributed by atoms with van der Waals surface area (Å²) in [5.41, 5.74) is 0.468. The maximum atomic E-state index is 14.6. The molecular formula is C33H36FN7O3. The Hall–Kier alpha value is -3.83. The Bertz CT molecular complexity index is 1850. The lowest BCUT2D eigenvalue weighted by molar-refractivity contribution is 0.107. The van der Waals surface area contributed by atoms with E-state index in [4.69, 9.17) is 19.7 Å². The second-order valence-corrected chi connectivity index (χ2v) is 13.5. The van der Waals surface area contributed by atoms with Crippen molar-refractivity contribution in [1.29, 1.82) is 0 Å². The first-order valence-corrected chi connectivity index (χ1v) is 16.0. The number of ether oxygens (including phenoxy) is 1. The van der Waals surface area contributed by atoms with Crippen LogP contribution in [0.15, 0.2) is 41.2 Å². The van der Waals surface area contributed by atoms with Crippen LogP contribution < -0.4 is 20.5 Å². The number of nitrogens with one attached hydrogen (secondary N) is 1. The van der Waals surface area contributed by atoms with Gasteiger partial charge in [0, 0.05) is 49.7 Å². The molecule has 1 saturated carbocycles. The minimum absolute atomic E-state index is 0.0296. The highest BCUT2D eigenvalue weighted by Gasteiger charge is 2.49. The highest BCUT2D eigenvalue weighted by molar-refractivity contribution is 5.97. The van der Waals surface area contributed by atoms with Gasteiger partial charge < -0.3 is 20.1 Å². The predicted molar refractivity (Wildman–Crippen MR) is 165 cm³/mol. The van der Waals surface area contributed by atoms with Gasteiger partial charge in [-0.15, -0.1) is 0 Å². The van der Waals surface area contributed by atoms with Crippen molar-refractivity contribution in [3.63, 3.8) is 0 Å². The van der Waals surface area contributed by atoms with E-state index in [1.807, 2.05) is 24.3 Å². The second-order valence-electron chi connectivity index (χ2n) is 13.5. The Morgan fingerprint density at radius 3 is 2.68 bits per heavy atom. The van der Waals surface area contributed by atoms with Crippen LogP contribution in [0.2, 0.25) is 0 Å². The fourth-order valence-corrected chi connectivity index (χ4v) is 8.31. The lowest BCUT2D eigenvalue weighted by atomic mass is 9.95. The summed E-state index contributed by atoms with van der Waals surface area (Å²) in [5, 5.41) is 16.5. The van der Waals surface area contributed by atoms with Crippen LogP contribution in [0, 0.1) is 0 Å². The molecule has 4 aliphatic heterocycles. The summed E-state index contributed by atoms with van der Waals surface area (Å²) in [5.74, 6) is 1.17. The van der Waals surface area contributed by atoms with Crippen molar-refractivity contribution < 1.29 is 14.2 Å². The average molecular weight is 598 g/mol. The molecule has 0 spiro atoms. The normalized spacial score (nSPS) is 28.3. The van der Waals surface area contributed by atoms with E-state index >= 15 is 0 Å². The molecule has 5 fully saturated rings. The number of alkyl halides is 1. The number of fused-ring (bicyclic) bond motifs is 5. The van der Waals surface area contributed by atoms with Gasteiger partial charge >= 0.3 is 6.01 Å². The van der Waals surface area contributed by atoms with Crippen LogP contribution in [0.5, 0.6) is 11.8 Å². The van der Waals surface area contributed by atoms with Crippen molar-refractivity contribution >= 4 is 27.6 Å². The van der Waals surface area contributed by atoms with Crippen LogP contribution in [-0.4, -0.2) is 86.1 Å². The SMILES string of the molecule is O=c1c2c(N3CC4CCC(C3)N4)nc(OC[C@@]34CCCN3C[C@H](F)C4)nc2nc(-c2cc(O)cc3ccccc23)n1C1CC1. The molecule has 11 heteroatoms. The second kappa shape index (κ2) is 9.84. The molecule has 9 rings (SSSR count). The van der Waals surface area contributed by atoms with E-state index < -0.39 is 6.17 Å². The zero-order valence-corrected chi connectivity index (χ0v) is 24.6. The molecule has 4 atom stereocenters. The predicted octanol–water partition coefficient (Wildman–Crippen LogP) is 3.94. The van der Waals surface area contributed by atoms with Crippen LogP contribution in [0.1, 0.15) is 51.0 Å². The first-order valence-electron chi connectivity index (χ1n) is 16.0. The van der Waals surface area contributed by atoms with E-state index in [1.54, 1.807) is 16.7 Å². The maximum absolute atomic E-state index is 14.6. The van der Waals surface area contributed by atoms with Gasteiger partial charge in [-0.3, -0.25) is 14.3 Å². The smallest absolute Gasteiger partial charge is 0.320 e. The summed E-state index contributed by atoms with van der Waals surface area (Å²) >= 11 is 0. The number of phenolic OH excluding ortho intramolecular Hbond substituents is 1. The van der Waals surface area contributed by atoms with Gasteiger partial charge in [0.15, 0.2) is 11.5 Å². The van der Waals surface area contributed by atoms with E-state index in [0.717, 1.165) is 68.9 Å². The van der Waals surface area contributed by atoms with E-state index in [9.17, 15) is 14.3 Å². The largest absolute Gasteiger partial charge is 0.508 e. The van der Waals surface area contributed by atoms with Crippen molar-refractivity contribution in [3.8, 4) is 23.1 Å².